The molecule has 0 aromatic heterocycles. The van der Waals surface area contributed by atoms with Gasteiger partial charge in [-0.2, -0.15) is 0 Å². The van der Waals surface area contributed by atoms with Gasteiger partial charge in [0, 0.05) is 23.7 Å². The minimum atomic E-state index is -0.166. The van der Waals surface area contributed by atoms with Crippen molar-refractivity contribution in [2.24, 2.45) is 0 Å². The second-order valence-corrected chi connectivity index (χ2v) is 4.76. The largest absolute Gasteiger partial charge is 0.384 e. The SMILES string of the molecule is CCN(C(=O)c1cccc(C#CCO)c1C)C1CC1. The molecule has 1 N–H and O–H groups in total. The first-order valence-corrected chi connectivity index (χ1v) is 6.69. The van der Waals surface area contributed by atoms with Gasteiger partial charge in [-0.05, 0) is 44.4 Å². The second-order valence-electron chi connectivity index (χ2n) is 4.76. The average molecular weight is 257 g/mol. The number of benzene rings is 1. The van der Waals surface area contributed by atoms with E-state index in [0.29, 0.717) is 6.04 Å². The Kier molecular flexibility index (Phi) is 4.24. The summed E-state index contributed by atoms with van der Waals surface area (Å²) >= 11 is 0. The van der Waals surface area contributed by atoms with Gasteiger partial charge in [0.15, 0.2) is 0 Å². The summed E-state index contributed by atoms with van der Waals surface area (Å²) in [5, 5.41) is 8.76. The molecule has 0 heterocycles. The van der Waals surface area contributed by atoms with E-state index in [9.17, 15) is 4.79 Å². The van der Waals surface area contributed by atoms with Crippen LogP contribution in [-0.4, -0.2) is 35.1 Å². The van der Waals surface area contributed by atoms with Crippen LogP contribution in [0.1, 0.15) is 41.3 Å². The van der Waals surface area contributed by atoms with Gasteiger partial charge in [-0.15, -0.1) is 0 Å². The van der Waals surface area contributed by atoms with E-state index in [0.717, 1.165) is 36.1 Å². The molecule has 0 saturated heterocycles. The molecular weight excluding hydrogens is 238 g/mol. The van der Waals surface area contributed by atoms with E-state index in [1.165, 1.54) is 0 Å². The zero-order valence-corrected chi connectivity index (χ0v) is 11.4. The molecule has 0 spiro atoms. The van der Waals surface area contributed by atoms with Crippen molar-refractivity contribution in [3.63, 3.8) is 0 Å². The lowest BCUT2D eigenvalue weighted by atomic mass is 10.0. The van der Waals surface area contributed by atoms with E-state index in [4.69, 9.17) is 5.11 Å². The van der Waals surface area contributed by atoms with Crippen LogP contribution in [0.5, 0.6) is 0 Å². The van der Waals surface area contributed by atoms with Gasteiger partial charge in [-0.1, -0.05) is 17.9 Å². The Labute approximate surface area is 114 Å². The monoisotopic (exact) mass is 257 g/mol. The molecular formula is C16H19NO2. The van der Waals surface area contributed by atoms with Crippen molar-refractivity contribution in [1.82, 2.24) is 4.90 Å². The summed E-state index contributed by atoms with van der Waals surface area (Å²) in [7, 11) is 0. The molecule has 1 aliphatic rings. The maximum Gasteiger partial charge on any atom is 0.254 e. The van der Waals surface area contributed by atoms with Crippen LogP contribution in [-0.2, 0) is 0 Å². The summed E-state index contributed by atoms with van der Waals surface area (Å²) in [5.74, 6) is 5.61. The van der Waals surface area contributed by atoms with Crippen molar-refractivity contribution in [2.45, 2.75) is 32.7 Å². The topological polar surface area (TPSA) is 40.5 Å². The molecule has 0 atom stereocenters. The zero-order valence-electron chi connectivity index (χ0n) is 11.4. The number of hydrogen-bond donors (Lipinski definition) is 1. The van der Waals surface area contributed by atoms with Gasteiger partial charge in [-0.25, -0.2) is 0 Å². The summed E-state index contributed by atoms with van der Waals surface area (Å²) in [6.45, 7) is 4.51. The Balaban J connectivity index is 2.31. The molecule has 2 rings (SSSR count). The van der Waals surface area contributed by atoms with Crippen LogP contribution >= 0.6 is 0 Å². The number of nitrogens with zero attached hydrogens (tertiary/aromatic N) is 1. The molecule has 1 aliphatic carbocycles. The Morgan fingerprint density at radius 3 is 2.79 bits per heavy atom. The fourth-order valence-electron chi connectivity index (χ4n) is 2.25. The number of amides is 1. The average Bonchev–Trinajstić information content (AvgIpc) is 3.23. The molecule has 1 aromatic carbocycles. The van der Waals surface area contributed by atoms with Crippen molar-refractivity contribution >= 4 is 5.91 Å². The summed E-state index contributed by atoms with van der Waals surface area (Å²) in [6, 6.07) is 6.00. The minimum absolute atomic E-state index is 0.0927. The van der Waals surface area contributed by atoms with Crippen LogP contribution < -0.4 is 0 Å². The first-order valence-electron chi connectivity index (χ1n) is 6.69. The van der Waals surface area contributed by atoms with Gasteiger partial charge in [-0.3, -0.25) is 4.79 Å². The van der Waals surface area contributed by atoms with Crippen LogP contribution in [0.4, 0.5) is 0 Å². The molecule has 0 aliphatic heterocycles. The normalized spacial score (nSPS) is 13.6. The minimum Gasteiger partial charge on any atom is -0.384 e. The van der Waals surface area contributed by atoms with E-state index < -0.39 is 0 Å². The van der Waals surface area contributed by atoms with E-state index in [2.05, 4.69) is 11.8 Å². The summed E-state index contributed by atoms with van der Waals surface area (Å²) in [4.78, 5) is 14.5. The van der Waals surface area contributed by atoms with Crippen LogP contribution in [0.25, 0.3) is 0 Å². The van der Waals surface area contributed by atoms with Crippen molar-refractivity contribution in [2.75, 3.05) is 13.2 Å². The first-order chi connectivity index (χ1) is 9.19. The highest BCUT2D eigenvalue weighted by atomic mass is 16.2. The molecule has 1 fully saturated rings. The number of rotatable bonds is 3. The predicted molar refractivity (Wildman–Crippen MR) is 74.9 cm³/mol. The first kappa shape index (κ1) is 13.6. The van der Waals surface area contributed by atoms with E-state index in [1.54, 1.807) is 0 Å². The van der Waals surface area contributed by atoms with Crippen LogP contribution in [0, 0.1) is 18.8 Å². The Bertz CT molecular complexity index is 535. The standard InChI is InChI=1S/C16H19NO2/c1-3-17(14-9-10-14)16(19)15-8-4-6-13(12(15)2)7-5-11-18/h4,6,8,14,18H,3,9-11H2,1-2H3. The number of carbonyl (C=O) groups excluding carboxylic acids is 1. The van der Waals surface area contributed by atoms with Gasteiger partial charge >= 0.3 is 0 Å². The van der Waals surface area contributed by atoms with Crippen molar-refractivity contribution in [1.29, 1.82) is 0 Å². The quantitative estimate of drug-likeness (QED) is 0.841. The lowest BCUT2D eigenvalue weighted by molar-refractivity contribution is 0.0752. The van der Waals surface area contributed by atoms with Gasteiger partial charge in [0.1, 0.15) is 6.61 Å². The second kappa shape index (κ2) is 5.90. The summed E-state index contributed by atoms with van der Waals surface area (Å²) < 4.78 is 0. The predicted octanol–water partition coefficient (Wildman–Crippen LogP) is 1.96. The fraction of sp³-hybridized carbons (Fsp3) is 0.438. The number of aliphatic hydroxyl groups is 1. The van der Waals surface area contributed by atoms with E-state index in [1.807, 2.05) is 36.9 Å². The van der Waals surface area contributed by atoms with E-state index >= 15 is 0 Å². The van der Waals surface area contributed by atoms with Crippen molar-refractivity contribution in [3.05, 3.63) is 34.9 Å². The Hall–Kier alpha value is -1.79. The molecule has 100 valence electrons. The van der Waals surface area contributed by atoms with Crippen LogP contribution in [0.3, 0.4) is 0 Å². The molecule has 3 heteroatoms. The van der Waals surface area contributed by atoms with Gasteiger partial charge in [0.2, 0.25) is 0 Å². The Morgan fingerprint density at radius 1 is 1.47 bits per heavy atom. The molecule has 0 radical (unpaired) electrons. The third-order valence-corrected chi connectivity index (χ3v) is 3.46. The molecule has 3 nitrogen and oxygen atoms in total. The fourth-order valence-corrected chi connectivity index (χ4v) is 2.25. The van der Waals surface area contributed by atoms with Gasteiger partial charge in [0.25, 0.3) is 5.91 Å². The lowest BCUT2D eigenvalue weighted by Gasteiger charge is -2.21. The van der Waals surface area contributed by atoms with Crippen molar-refractivity contribution in [3.8, 4) is 11.8 Å². The number of hydrogen-bond acceptors (Lipinski definition) is 2. The maximum atomic E-state index is 12.5. The van der Waals surface area contributed by atoms with Crippen LogP contribution in [0.2, 0.25) is 0 Å². The maximum absolute atomic E-state index is 12.5. The third kappa shape index (κ3) is 2.97. The number of aliphatic hydroxyl groups excluding tert-OH is 1. The van der Waals surface area contributed by atoms with Crippen LogP contribution in [0.15, 0.2) is 18.2 Å². The lowest BCUT2D eigenvalue weighted by Crippen LogP contribution is -2.33. The highest BCUT2D eigenvalue weighted by Crippen LogP contribution is 2.28. The molecule has 1 aromatic rings. The number of carbonyl (C=O) groups is 1. The van der Waals surface area contributed by atoms with Gasteiger partial charge in [0.05, 0.1) is 0 Å². The third-order valence-electron chi connectivity index (χ3n) is 3.46. The smallest absolute Gasteiger partial charge is 0.254 e. The van der Waals surface area contributed by atoms with Gasteiger partial charge < -0.3 is 10.0 Å². The highest BCUT2D eigenvalue weighted by molar-refractivity contribution is 5.96. The highest BCUT2D eigenvalue weighted by Gasteiger charge is 2.32. The molecule has 19 heavy (non-hydrogen) atoms. The molecule has 1 saturated carbocycles. The molecule has 1 amide bonds. The molecule has 0 unspecified atom stereocenters. The Morgan fingerprint density at radius 2 is 2.21 bits per heavy atom. The summed E-state index contributed by atoms with van der Waals surface area (Å²) in [6.07, 6.45) is 2.23. The van der Waals surface area contributed by atoms with Crippen molar-refractivity contribution < 1.29 is 9.90 Å². The summed E-state index contributed by atoms with van der Waals surface area (Å²) in [5.41, 5.74) is 2.43. The zero-order chi connectivity index (χ0) is 13.8. The molecule has 0 bridgehead atoms. The van der Waals surface area contributed by atoms with E-state index in [-0.39, 0.29) is 12.5 Å².